The molecule has 0 radical (unpaired) electrons. The molecule has 4 aromatic rings. The van der Waals surface area contributed by atoms with E-state index in [2.05, 4.69) is 15.3 Å². The van der Waals surface area contributed by atoms with Crippen LogP contribution in [0.3, 0.4) is 0 Å². The minimum Gasteiger partial charge on any atom is -0.383 e. The number of rotatable bonds is 4. The van der Waals surface area contributed by atoms with Crippen LogP contribution in [-0.4, -0.2) is 9.97 Å². The van der Waals surface area contributed by atoms with Crippen LogP contribution in [0.15, 0.2) is 60.7 Å². The van der Waals surface area contributed by atoms with Gasteiger partial charge in [-0.1, -0.05) is 36.4 Å². The molecule has 3 N–H and O–H groups in total. The number of nitriles is 1. The summed E-state index contributed by atoms with van der Waals surface area (Å²) in [6.07, 6.45) is 0. The molecule has 1 heterocycles. The number of aromatic nitrogens is 2. The van der Waals surface area contributed by atoms with Gasteiger partial charge in [-0.15, -0.1) is 0 Å². The van der Waals surface area contributed by atoms with Crippen molar-refractivity contribution in [3.8, 4) is 17.2 Å². The van der Waals surface area contributed by atoms with Gasteiger partial charge in [0.2, 0.25) is 5.82 Å². The third-order valence-corrected chi connectivity index (χ3v) is 4.79. The maximum absolute atomic E-state index is 14.0. The molecule has 7 heteroatoms. The molecule has 0 aliphatic carbocycles. The largest absolute Gasteiger partial charge is 0.383 e. The number of benzene rings is 3. The summed E-state index contributed by atoms with van der Waals surface area (Å²) in [6, 6.07) is 18.1. The van der Waals surface area contributed by atoms with Crippen molar-refractivity contribution in [1.29, 1.82) is 5.26 Å². The normalized spacial score (nSPS) is 11.8. The lowest BCUT2D eigenvalue weighted by atomic mass is 9.90. The Morgan fingerprint density at radius 2 is 1.73 bits per heavy atom. The van der Waals surface area contributed by atoms with E-state index in [9.17, 15) is 8.78 Å². The summed E-state index contributed by atoms with van der Waals surface area (Å²) in [5.41, 5.74) is 7.72. The number of halogens is 2. The summed E-state index contributed by atoms with van der Waals surface area (Å²) in [5, 5.41) is 14.1. The van der Waals surface area contributed by atoms with Gasteiger partial charge >= 0.3 is 0 Å². The van der Waals surface area contributed by atoms with Crippen LogP contribution < -0.4 is 11.1 Å². The molecule has 0 aliphatic rings. The van der Waals surface area contributed by atoms with Crippen molar-refractivity contribution in [2.45, 2.75) is 13.0 Å². The number of nitrogens with two attached hydrogens (primary N) is 1. The molecule has 30 heavy (non-hydrogen) atoms. The quantitative estimate of drug-likeness (QED) is 0.491. The standard InChI is InChI=1S/C23H17F2N5/c1-13(28-21-11-20(27)29-22(12-26)30-21)18-7-6-14-4-2-3-5-19(14)23(18)15-8-16(24)10-17(25)9-15/h2-11,13H,1H3,(H3,27,28,29,30). The Hall–Kier alpha value is -4.05. The molecular weight excluding hydrogens is 384 g/mol. The Balaban J connectivity index is 1.86. The van der Waals surface area contributed by atoms with Gasteiger partial charge in [-0.25, -0.2) is 18.7 Å². The molecule has 3 aromatic carbocycles. The van der Waals surface area contributed by atoms with Crippen molar-refractivity contribution < 1.29 is 8.78 Å². The van der Waals surface area contributed by atoms with Crippen LogP contribution in [-0.2, 0) is 0 Å². The van der Waals surface area contributed by atoms with Crippen LogP contribution in [0, 0.1) is 23.0 Å². The number of nitrogens with zero attached hydrogens (tertiary/aromatic N) is 3. The van der Waals surface area contributed by atoms with Gasteiger partial charge in [-0.05, 0) is 46.5 Å². The average molecular weight is 401 g/mol. The van der Waals surface area contributed by atoms with Gasteiger partial charge in [0.05, 0.1) is 6.04 Å². The fourth-order valence-corrected chi connectivity index (χ4v) is 3.56. The Kier molecular flexibility index (Phi) is 4.98. The highest BCUT2D eigenvalue weighted by atomic mass is 19.1. The van der Waals surface area contributed by atoms with E-state index in [4.69, 9.17) is 11.0 Å². The van der Waals surface area contributed by atoms with Crippen LogP contribution >= 0.6 is 0 Å². The van der Waals surface area contributed by atoms with Crippen molar-refractivity contribution in [3.05, 3.63) is 83.7 Å². The minimum absolute atomic E-state index is 0.0457. The molecule has 0 spiro atoms. The molecule has 0 amide bonds. The SMILES string of the molecule is CC(Nc1cc(N)nc(C#N)n1)c1ccc2ccccc2c1-c1cc(F)cc(F)c1. The van der Waals surface area contributed by atoms with Crippen LogP contribution in [0.5, 0.6) is 0 Å². The summed E-state index contributed by atoms with van der Waals surface area (Å²) < 4.78 is 28.0. The zero-order valence-electron chi connectivity index (χ0n) is 16.0. The number of fused-ring (bicyclic) bond motifs is 1. The zero-order valence-corrected chi connectivity index (χ0v) is 16.0. The van der Waals surface area contributed by atoms with E-state index in [-0.39, 0.29) is 17.7 Å². The van der Waals surface area contributed by atoms with Crippen LogP contribution in [0.25, 0.3) is 21.9 Å². The number of nitrogen functional groups attached to an aromatic ring is 1. The monoisotopic (exact) mass is 401 g/mol. The molecule has 5 nitrogen and oxygen atoms in total. The first-order chi connectivity index (χ1) is 14.4. The Morgan fingerprint density at radius 3 is 2.47 bits per heavy atom. The molecule has 0 aliphatic heterocycles. The average Bonchev–Trinajstić information content (AvgIpc) is 2.71. The highest BCUT2D eigenvalue weighted by Crippen LogP contribution is 2.37. The van der Waals surface area contributed by atoms with Gasteiger partial charge in [-0.3, -0.25) is 0 Å². The van der Waals surface area contributed by atoms with E-state index < -0.39 is 11.6 Å². The second kappa shape index (κ2) is 7.76. The highest BCUT2D eigenvalue weighted by molar-refractivity contribution is 5.98. The van der Waals surface area contributed by atoms with E-state index >= 15 is 0 Å². The van der Waals surface area contributed by atoms with Crippen molar-refractivity contribution >= 4 is 22.4 Å². The molecule has 1 unspecified atom stereocenters. The van der Waals surface area contributed by atoms with Gasteiger partial charge in [-0.2, -0.15) is 5.26 Å². The second-order valence-corrected chi connectivity index (χ2v) is 6.89. The Morgan fingerprint density at radius 1 is 1.00 bits per heavy atom. The Bertz CT molecular complexity index is 1280. The molecule has 1 atom stereocenters. The maximum atomic E-state index is 14.0. The van der Waals surface area contributed by atoms with Gasteiger partial charge in [0.15, 0.2) is 0 Å². The molecule has 1 aromatic heterocycles. The summed E-state index contributed by atoms with van der Waals surface area (Å²) in [7, 11) is 0. The van der Waals surface area contributed by atoms with Gasteiger partial charge in [0, 0.05) is 12.1 Å². The van der Waals surface area contributed by atoms with E-state index in [0.29, 0.717) is 16.9 Å². The second-order valence-electron chi connectivity index (χ2n) is 6.89. The molecular formula is C23H17F2N5. The molecule has 4 rings (SSSR count). The summed E-state index contributed by atoms with van der Waals surface area (Å²) >= 11 is 0. The fraction of sp³-hybridized carbons (Fsp3) is 0.0870. The predicted molar refractivity (Wildman–Crippen MR) is 112 cm³/mol. The summed E-state index contributed by atoms with van der Waals surface area (Å²) in [6.45, 7) is 1.90. The summed E-state index contributed by atoms with van der Waals surface area (Å²) in [5.74, 6) is -0.785. The van der Waals surface area contributed by atoms with Crippen LogP contribution in [0.2, 0.25) is 0 Å². The molecule has 0 fully saturated rings. The van der Waals surface area contributed by atoms with E-state index in [0.717, 1.165) is 22.4 Å². The molecule has 148 valence electrons. The van der Waals surface area contributed by atoms with Crippen LogP contribution in [0.4, 0.5) is 20.4 Å². The van der Waals surface area contributed by atoms with E-state index in [1.54, 1.807) is 0 Å². The lowest BCUT2D eigenvalue weighted by Crippen LogP contribution is -2.11. The number of hydrogen-bond donors (Lipinski definition) is 2. The number of hydrogen-bond acceptors (Lipinski definition) is 5. The first-order valence-corrected chi connectivity index (χ1v) is 9.24. The van der Waals surface area contributed by atoms with Crippen molar-refractivity contribution in [2.75, 3.05) is 11.1 Å². The van der Waals surface area contributed by atoms with Gasteiger partial charge in [0.1, 0.15) is 29.3 Å². The molecule has 0 bridgehead atoms. The third-order valence-electron chi connectivity index (χ3n) is 4.79. The first-order valence-electron chi connectivity index (χ1n) is 9.24. The summed E-state index contributed by atoms with van der Waals surface area (Å²) in [4.78, 5) is 7.97. The minimum atomic E-state index is -0.647. The predicted octanol–water partition coefficient (Wildman–Crippen LogP) is 5.20. The topological polar surface area (TPSA) is 87.6 Å². The number of anilines is 2. The van der Waals surface area contributed by atoms with Crippen molar-refractivity contribution in [1.82, 2.24) is 9.97 Å². The first kappa shape index (κ1) is 19.3. The van der Waals surface area contributed by atoms with Crippen molar-refractivity contribution in [3.63, 3.8) is 0 Å². The van der Waals surface area contributed by atoms with E-state index in [1.165, 1.54) is 18.2 Å². The molecule has 0 saturated carbocycles. The Labute approximate surface area is 171 Å². The maximum Gasteiger partial charge on any atom is 0.236 e. The third kappa shape index (κ3) is 3.76. The molecule has 0 saturated heterocycles. The number of nitrogens with one attached hydrogen (secondary N) is 1. The highest BCUT2D eigenvalue weighted by Gasteiger charge is 2.17. The zero-order chi connectivity index (χ0) is 21.3. The smallest absolute Gasteiger partial charge is 0.236 e. The van der Waals surface area contributed by atoms with Gasteiger partial charge < -0.3 is 11.1 Å². The lowest BCUT2D eigenvalue weighted by molar-refractivity contribution is 0.584. The van der Waals surface area contributed by atoms with Gasteiger partial charge in [0.25, 0.3) is 0 Å². The van der Waals surface area contributed by atoms with E-state index in [1.807, 2.05) is 49.4 Å². The van der Waals surface area contributed by atoms with Crippen molar-refractivity contribution in [2.24, 2.45) is 0 Å². The lowest BCUT2D eigenvalue weighted by Gasteiger charge is -2.21. The fourth-order valence-electron chi connectivity index (χ4n) is 3.56. The van der Waals surface area contributed by atoms with Crippen LogP contribution in [0.1, 0.15) is 24.4 Å².